The van der Waals surface area contributed by atoms with Crippen molar-refractivity contribution in [3.63, 3.8) is 0 Å². The van der Waals surface area contributed by atoms with E-state index in [0.29, 0.717) is 29.2 Å². The Balaban J connectivity index is 1.49. The fourth-order valence-corrected chi connectivity index (χ4v) is 4.39. The van der Waals surface area contributed by atoms with E-state index in [0.717, 1.165) is 28.2 Å². The number of methoxy groups -OCH3 is 1. The highest BCUT2D eigenvalue weighted by atomic mass is 79.9. The molecule has 4 aromatic carbocycles. The Morgan fingerprint density at radius 2 is 1.54 bits per heavy atom. The number of nitro groups is 2. The molecule has 0 fully saturated rings. The van der Waals surface area contributed by atoms with E-state index in [1.807, 2.05) is 24.3 Å². The summed E-state index contributed by atoms with van der Waals surface area (Å²) in [5, 5.41) is 38.6. The molecule has 0 spiro atoms. The standard InChI is InChI=1S/C31H26BrN5O9/c1-45-29-13-21(6-11-28(29)46-18-20-2-7-23(32)8-3-20)17-33-35-31(40)27(12-19-4-9-26(38)10-5-19)34-30(39)22-14-24(36(41)42)16-25(15-22)37(43)44/h2-11,13-17,27,38H,12,18H2,1H3,(H,34,39)(H,35,40)/b33-17-/t27-/m1/s1. The van der Waals surface area contributed by atoms with Crippen LogP contribution in [0, 0.1) is 20.2 Å². The molecular weight excluding hydrogens is 666 g/mol. The van der Waals surface area contributed by atoms with E-state index in [1.54, 1.807) is 18.2 Å². The fraction of sp³-hybridized carbons (Fsp3) is 0.129. The van der Waals surface area contributed by atoms with E-state index in [4.69, 9.17) is 9.47 Å². The number of aromatic hydroxyl groups is 1. The first-order valence-electron chi connectivity index (χ1n) is 13.4. The van der Waals surface area contributed by atoms with Gasteiger partial charge in [-0.3, -0.25) is 29.8 Å². The van der Waals surface area contributed by atoms with Gasteiger partial charge in [0.25, 0.3) is 23.2 Å². The van der Waals surface area contributed by atoms with Crippen LogP contribution in [-0.2, 0) is 17.8 Å². The Kier molecular flexibility index (Phi) is 11.0. The lowest BCUT2D eigenvalue weighted by Crippen LogP contribution is -2.46. The predicted molar refractivity (Wildman–Crippen MR) is 170 cm³/mol. The van der Waals surface area contributed by atoms with Crippen molar-refractivity contribution >= 4 is 45.3 Å². The summed E-state index contributed by atoms with van der Waals surface area (Å²) in [6.45, 7) is 0.310. The number of rotatable bonds is 13. The Labute approximate surface area is 270 Å². The molecule has 3 N–H and O–H groups in total. The summed E-state index contributed by atoms with van der Waals surface area (Å²) >= 11 is 3.39. The number of nitrogens with one attached hydrogen (secondary N) is 2. The normalized spacial score (nSPS) is 11.4. The van der Waals surface area contributed by atoms with E-state index in [-0.39, 0.29) is 17.7 Å². The van der Waals surface area contributed by atoms with Gasteiger partial charge < -0.3 is 19.9 Å². The number of nitrogens with zero attached hydrogens (tertiary/aromatic N) is 3. The quantitative estimate of drug-likeness (QED) is 0.0976. The minimum Gasteiger partial charge on any atom is -0.508 e. The third-order valence-corrected chi connectivity index (χ3v) is 7.00. The zero-order valence-corrected chi connectivity index (χ0v) is 25.7. The summed E-state index contributed by atoms with van der Waals surface area (Å²) in [4.78, 5) is 47.1. The largest absolute Gasteiger partial charge is 0.508 e. The highest BCUT2D eigenvalue weighted by Gasteiger charge is 2.25. The lowest BCUT2D eigenvalue weighted by atomic mass is 10.0. The van der Waals surface area contributed by atoms with Crippen molar-refractivity contribution in [2.75, 3.05) is 7.11 Å². The van der Waals surface area contributed by atoms with Gasteiger partial charge in [-0.1, -0.05) is 40.2 Å². The maximum atomic E-state index is 13.2. The van der Waals surface area contributed by atoms with Crippen LogP contribution in [0.4, 0.5) is 11.4 Å². The van der Waals surface area contributed by atoms with Gasteiger partial charge in [-0.15, -0.1) is 0 Å². The van der Waals surface area contributed by atoms with E-state index >= 15 is 0 Å². The number of amides is 2. The maximum Gasteiger partial charge on any atom is 0.277 e. The molecule has 14 nitrogen and oxygen atoms in total. The molecule has 0 saturated carbocycles. The van der Waals surface area contributed by atoms with Crippen LogP contribution in [0.2, 0.25) is 0 Å². The van der Waals surface area contributed by atoms with Gasteiger partial charge in [0.15, 0.2) is 11.5 Å². The smallest absolute Gasteiger partial charge is 0.277 e. The lowest BCUT2D eigenvalue weighted by molar-refractivity contribution is -0.394. The van der Waals surface area contributed by atoms with Crippen molar-refractivity contribution in [1.29, 1.82) is 0 Å². The Morgan fingerprint density at radius 3 is 2.15 bits per heavy atom. The summed E-state index contributed by atoms with van der Waals surface area (Å²) in [5.74, 6) is -0.805. The third-order valence-electron chi connectivity index (χ3n) is 6.47. The molecule has 4 aromatic rings. The van der Waals surface area contributed by atoms with E-state index in [9.17, 15) is 34.9 Å². The SMILES string of the molecule is COc1cc(/C=N\NC(=O)[C@@H](Cc2ccc(O)cc2)NC(=O)c2cc([N+](=O)[O-])cc([N+](=O)[O-])c2)ccc1OCc1ccc(Br)cc1. The summed E-state index contributed by atoms with van der Waals surface area (Å²) < 4.78 is 12.3. The maximum absolute atomic E-state index is 13.2. The van der Waals surface area contributed by atoms with Crippen LogP contribution in [0.3, 0.4) is 0 Å². The monoisotopic (exact) mass is 691 g/mol. The zero-order valence-electron chi connectivity index (χ0n) is 24.1. The molecule has 4 rings (SSSR count). The number of hydrogen-bond acceptors (Lipinski definition) is 10. The number of halogens is 1. The molecule has 1 atom stereocenters. The highest BCUT2D eigenvalue weighted by molar-refractivity contribution is 9.10. The number of phenolic OH excluding ortho intramolecular Hbond substituents is 1. The summed E-state index contributed by atoms with van der Waals surface area (Å²) in [6, 6.07) is 19.8. The molecule has 15 heteroatoms. The van der Waals surface area contributed by atoms with Gasteiger partial charge in [-0.25, -0.2) is 5.43 Å². The first-order valence-corrected chi connectivity index (χ1v) is 14.2. The Bertz CT molecular complexity index is 1750. The minimum absolute atomic E-state index is 0.0116. The number of benzene rings is 4. The van der Waals surface area contributed by atoms with Crippen LogP contribution in [-0.4, -0.2) is 46.1 Å². The van der Waals surface area contributed by atoms with Crippen LogP contribution in [0.15, 0.2) is 94.5 Å². The van der Waals surface area contributed by atoms with Crippen LogP contribution in [0.5, 0.6) is 17.2 Å². The van der Waals surface area contributed by atoms with Crippen LogP contribution < -0.4 is 20.2 Å². The van der Waals surface area contributed by atoms with Crippen molar-refractivity contribution in [3.05, 3.63) is 132 Å². The first-order chi connectivity index (χ1) is 22.0. The molecule has 0 aliphatic heterocycles. The predicted octanol–water partition coefficient (Wildman–Crippen LogP) is 5.05. The Morgan fingerprint density at radius 1 is 0.913 bits per heavy atom. The van der Waals surface area contributed by atoms with Gasteiger partial charge in [-0.05, 0) is 59.2 Å². The molecule has 0 aliphatic rings. The molecule has 0 aromatic heterocycles. The van der Waals surface area contributed by atoms with E-state index in [1.165, 1.54) is 37.6 Å². The topological polar surface area (TPSA) is 196 Å². The average molecular weight is 692 g/mol. The minimum atomic E-state index is -1.27. The molecule has 0 unspecified atom stereocenters. The molecule has 46 heavy (non-hydrogen) atoms. The zero-order chi connectivity index (χ0) is 33.2. The third kappa shape index (κ3) is 9.09. The summed E-state index contributed by atoms with van der Waals surface area (Å²) in [6.07, 6.45) is 1.28. The molecule has 2 amide bonds. The first kappa shape index (κ1) is 33.1. The molecular formula is C31H26BrN5O9. The fourth-order valence-electron chi connectivity index (χ4n) is 4.13. The molecule has 0 radical (unpaired) electrons. The number of hydrogen-bond donors (Lipinski definition) is 3. The second kappa shape index (κ2) is 15.3. The molecule has 236 valence electrons. The number of carbonyl (C=O) groups excluding carboxylic acids is 2. The number of hydrazone groups is 1. The van der Waals surface area contributed by atoms with Crippen molar-refractivity contribution in [1.82, 2.24) is 10.7 Å². The van der Waals surface area contributed by atoms with Gasteiger partial charge in [0.1, 0.15) is 18.4 Å². The number of ether oxygens (including phenoxy) is 2. The summed E-state index contributed by atoms with van der Waals surface area (Å²) in [5.41, 5.74) is 2.70. The lowest BCUT2D eigenvalue weighted by Gasteiger charge is -2.17. The molecule has 0 bridgehead atoms. The van der Waals surface area contributed by atoms with Crippen molar-refractivity contribution in [2.24, 2.45) is 5.10 Å². The molecule has 0 saturated heterocycles. The number of carbonyl (C=O) groups is 2. The molecule has 0 heterocycles. The Hall–Kier alpha value is -5.83. The number of phenols is 1. The van der Waals surface area contributed by atoms with E-state index in [2.05, 4.69) is 31.8 Å². The van der Waals surface area contributed by atoms with Gasteiger partial charge in [0, 0.05) is 23.0 Å². The van der Waals surface area contributed by atoms with Crippen molar-refractivity contribution < 1.29 is 34.0 Å². The van der Waals surface area contributed by atoms with Gasteiger partial charge in [-0.2, -0.15) is 5.10 Å². The average Bonchev–Trinajstić information content (AvgIpc) is 3.05. The van der Waals surface area contributed by atoms with Crippen LogP contribution >= 0.6 is 15.9 Å². The second-order valence-electron chi connectivity index (χ2n) is 9.71. The van der Waals surface area contributed by atoms with Crippen LogP contribution in [0.1, 0.15) is 27.0 Å². The second-order valence-corrected chi connectivity index (χ2v) is 10.6. The van der Waals surface area contributed by atoms with Gasteiger partial charge >= 0.3 is 0 Å². The van der Waals surface area contributed by atoms with Crippen molar-refractivity contribution in [3.8, 4) is 17.2 Å². The van der Waals surface area contributed by atoms with Crippen molar-refractivity contribution in [2.45, 2.75) is 19.1 Å². The number of non-ortho nitro benzene ring substituents is 2. The van der Waals surface area contributed by atoms with Gasteiger partial charge in [0.2, 0.25) is 0 Å². The van der Waals surface area contributed by atoms with E-state index < -0.39 is 39.1 Å². The number of nitro benzene ring substituents is 2. The van der Waals surface area contributed by atoms with Gasteiger partial charge in [0.05, 0.1) is 34.8 Å². The molecule has 0 aliphatic carbocycles. The van der Waals surface area contributed by atoms with Crippen LogP contribution in [0.25, 0.3) is 0 Å². The summed E-state index contributed by atoms with van der Waals surface area (Å²) in [7, 11) is 1.48. The highest BCUT2D eigenvalue weighted by Crippen LogP contribution is 2.28.